The Balaban J connectivity index is 2.53. The van der Waals surface area contributed by atoms with Gasteiger partial charge in [-0.05, 0) is 17.7 Å². The molecule has 0 aliphatic rings. The average molecular weight is 231 g/mol. The molecule has 1 aromatic rings. The van der Waals surface area contributed by atoms with Gasteiger partial charge in [-0.2, -0.15) is 0 Å². The van der Waals surface area contributed by atoms with Crippen LogP contribution in [-0.4, -0.2) is 17.6 Å². The van der Waals surface area contributed by atoms with Crippen molar-refractivity contribution in [3.8, 4) is 0 Å². The number of nitrogens with one attached hydrogen (secondary N) is 1. The fourth-order valence-electron chi connectivity index (χ4n) is 1.32. The molecule has 0 amide bonds. The fourth-order valence-corrected chi connectivity index (χ4v) is 1.32. The van der Waals surface area contributed by atoms with Crippen LogP contribution in [0.25, 0.3) is 6.08 Å². The fraction of sp³-hybridized carbons (Fsp3) is 0.214. The van der Waals surface area contributed by atoms with E-state index in [9.17, 15) is 4.79 Å². The Morgan fingerprint density at radius 3 is 2.59 bits per heavy atom. The Morgan fingerprint density at radius 1 is 1.29 bits per heavy atom. The average Bonchev–Trinajstić information content (AvgIpc) is 2.33. The second-order valence-electron chi connectivity index (χ2n) is 3.58. The summed E-state index contributed by atoms with van der Waals surface area (Å²) in [5.74, 6) is -0.935. The summed E-state index contributed by atoms with van der Waals surface area (Å²) in [6, 6.07) is 8.14. The van der Waals surface area contributed by atoms with E-state index >= 15 is 0 Å². The molecule has 0 aromatic heterocycles. The van der Waals surface area contributed by atoms with Crippen LogP contribution >= 0.6 is 0 Å². The highest BCUT2D eigenvalue weighted by molar-refractivity contribution is 5.80. The molecule has 0 aliphatic carbocycles. The molecule has 0 aliphatic heterocycles. The Bertz CT molecular complexity index is 405. The molecule has 90 valence electrons. The van der Waals surface area contributed by atoms with Crippen LogP contribution in [0.4, 0.5) is 0 Å². The minimum atomic E-state index is -0.935. The largest absolute Gasteiger partial charge is 0.478 e. The van der Waals surface area contributed by atoms with Gasteiger partial charge < -0.3 is 10.4 Å². The molecule has 0 unspecified atom stereocenters. The molecule has 0 saturated heterocycles. The zero-order chi connectivity index (χ0) is 12.5. The number of carboxylic acid groups (broad SMARTS) is 1. The van der Waals surface area contributed by atoms with E-state index in [4.69, 9.17) is 5.11 Å². The maximum atomic E-state index is 10.2. The van der Waals surface area contributed by atoms with Crippen LogP contribution in [0.5, 0.6) is 0 Å². The van der Waals surface area contributed by atoms with Crippen LogP contribution in [0.15, 0.2) is 42.5 Å². The van der Waals surface area contributed by atoms with Crippen molar-refractivity contribution < 1.29 is 9.90 Å². The van der Waals surface area contributed by atoms with Gasteiger partial charge in [0, 0.05) is 12.6 Å². The standard InChI is InChI=1S/C14H17NO2/c1-2-15-11-13-9-7-12(8-10-13)5-3-4-6-14(16)17/h3-10,15H,2,11H2,1H3,(H,16,17)/b5-3+,6-4+. The van der Waals surface area contributed by atoms with Crippen LogP contribution in [0.3, 0.4) is 0 Å². The second kappa shape index (κ2) is 7.41. The summed E-state index contributed by atoms with van der Waals surface area (Å²) in [7, 11) is 0. The van der Waals surface area contributed by atoms with Gasteiger partial charge in [-0.3, -0.25) is 0 Å². The van der Waals surface area contributed by atoms with Crippen LogP contribution in [0.2, 0.25) is 0 Å². The van der Waals surface area contributed by atoms with Crippen LogP contribution in [0.1, 0.15) is 18.1 Å². The number of rotatable bonds is 6. The lowest BCUT2D eigenvalue weighted by Crippen LogP contribution is -2.11. The lowest BCUT2D eigenvalue weighted by molar-refractivity contribution is -0.131. The second-order valence-corrected chi connectivity index (χ2v) is 3.58. The summed E-state index contributed by atoms with van der Waals surface area (Å²) in [5, 5.41) is 11.7. The van der Waals surface area contributed by atoms with Gasteiger partial charge in [-0.15, -0.1) is 0 Å². The first-order valence-corrected chi connectivity index (χ1v) is 5.59. The zero-order valence-corrected chi connectivity index (χ0v) is 9.89. The van der Waals surface area contributed by atoms with Crippen molar-refractivity contribution in [1.29, 1.82) is 0 Å². The summed E-state index contributed by atoms with van der Waals surface area (Å²) in [6.07, 6.45) is 6.20. The monoisotopic (exact) mass is 231 g/mol. The highest BCUT2D eigenvalue weighted by atomic mass is 16.4. The molecular weight excluding hydrogens is 214 g/mol. The SMILES string of the molecule is CCNCc1ccc(/C=C/C=C/C(=O)O)cc1. The van der Waals surface area contributed by atoms with Crippen molar-refractivity contribution in [2.45, 2.75) is 13.5 Å². The third-order valence-corrected chi connectivity index (χ3v) is 2.20. The molecule has 0 bridgehead atoms. The van der Waals surface area contributed by atoms with Gasteiger partial charge in [0.1, 0.15) is 0 Å². The van der Waals surface area contributed by atoms with E-state index < -0.39 is 5.97 Å². The van der Waals surface area contributed by atoms with Crippen molar-refractivity contribution in [3.05, 3.63) is 53.6 Å². The number of carboxylic acids is 1. The van der Waals surface area contributed by atoms with Gasteiger partial charge >= 0.3 is 5.97 Å². The molecule has 0 heterocycles. The number of hydrogen-bond donors (Lipinski definition) is 2. The first kappa shape index (κ1) is 13.2. The zero-order valence-electron chi connectivity index (χ0n) is 9.89. The summed E-state index contributed by atoms with van der Waals surface area (Å²) in [5.41, 5.74) is 2.30. The molecule has 0 spiro atoms. The van der Waals surface area contributed by atoms with E-state index in [1.54, 1.807) is 6.08 Å². The molecule has 3 nitrogen and oxygen atoms in total. The third kappa shape index (κ3) is 5.68. The molecule has 17 heavy (non-hydrogen) atoms. The number of benzene rings is 1. The predicted octanol–water partition coefficient (Wildman–Crippen LogP) is 2.45. The summed E-state index contributed by atoms with van der Waals surface area (Å²) in [4.78, 5) is 10.2. The molecule has 2 N–H and O–H groups in total. The minimum absolute atomic E-state index is 0.874. The smallest absolute Gasteiger partial charge is 0.328 e. The van der Waals surface area contributed by atoms with E-state index in [-0.39, 0.29) is 0 Å². The minimum Gasteiger partial charge on any atom is -0.478 e. The first-order valence-electron chi connectivity index (χ1n) is 5.59. The molecule has 0 saturated carbocycles. The molecule has 1 rings (SSSR count). The highest BCUT2D eigenvalue weighted by Crippen LogP contribution is 2.06. The maximum Gasteiger partial charge on any atom is 0.328 e. The molecule has 3 heteroatoms. The predicted molar refractivity (Wildman–Crippen MR) is 69.6 cm³/mol. The molecule has 1 aromatic carbocycles. The van der Waals surface area contributed by atoms with Crippen molar-refractivity contribution in [2.75, 3.05) is 6.54 Å². The number of hydrogen-bond acceptors (Lipinski definition) is 2. The van der Waals surface area contributed by atoms with Gasteiger partial charge in [-0.25, -0.2) is 4.79 Å². The van der Waals surface area contributed by atoms with Gasteiger partial charge in [0.25, 0.3) is 0 Å². The van der Waals surface area contributed by atoms with E-state index in [1.165, 1.54) is 11.6 Å². The van der Waals surface area contributed by atoms with Crippen molar-refractivity contribution in [3.63, 3.8) is 0 Å². The van der Waals surface area contributed by atoms with E-state index in [0.29, 0.717) is 0 Å². The maximum absolute atomic E-state index is 10.2. The first-order chi connectivity index (χ1) is 8.22. The Kier molecular flexibility index (Phi) is 5.75. The van der Waals surface area contributed by atoms with Crippen molar-refractivity contribution >= 4 is 12.0 Å². The van der Waals surface area contributed by atoms with Crippen LogP contribution in [-0.2, 0) is 11.3 Å². The molecule has 0 atom stereocenters. The van der Waals surface area contributed by atoms with Gasteiger partial charge in [0.15, 0.2) is 0 Å². The quantitative estimate of drug-likeness (QED) is 0.584. The Labute approximate surface area is 101 Å². The normalized spacial score (nSPS) is 11.4. The molecule has 0 radical (unpaired) electrons. The van der Waals surface area contributed by atoms with Gasteiger partial charge in [-0.1, -0.05) is 49.4 Å². The van der Waals surface area contributed by atoms with E-state index in [2.05, 4.69) is 24.4 Å². The van der Waals surface area contributed by atoms with Crippen molar-refractivity contribution in [2.24, 2.45) is 0 Å². The lowest BCUT2D eigenvalue weighted by atomic mass is 10.1. The number of aliphatic carboxylic acids is 1. The topological polar surface area (TPSA) is 49.3 Å². The number of carbonyl (C=O) groups is 1. The molecule has 0 fully saturated rings. The summed E-state index contributed by atoms with van der Waals surface area (Å²) in [6.45, 7) is 3.91. The van der Waals surface area contributed by atoms with E-state index in [1.807, 2.05) is 18.2 Å². The highest BCUT2D eigenvalue weighted by Gasteiger charge is 1.91. The van der Waals surface area contributed by atoms with E-state index in [0.717, 1.165) is 24.7 Å². The lowest BCUT2D eigenvalue weighted by Gasteiger charge is -2.01. The van der Waals surface area contributed by atoms with Crippen molar-refractivity contribution in [1.82, 2.24) is 5.32 Å². The summed E-state index contributed by atoms with van der Waals surface area (Å²) < 4.78 is 0. The van der Waals surface area contributed by atoms with Crippen LogP contribution in [0, 0.1) is 0 Å². The Morgan fingerprint density at radius 2 is 2.00 bits per heavy atom. The Hall–Kier alpha value is -1.87. The molecular formula is C14H17NO2. The van der Waals surface area contributed by atoms with Gasteiger partial charge in [0.2, 0.25) is 0 Å². The summed E-state index contributed by atoms with van der Waals surface area (Å²) >= 11 is 0. The third-order valence-electron chi connectivity index (χ3n) is 2.20. The van der Waals surface area contributed by atoms with Gasteiger partial charge in [0.05, 0.1) is 0 Å². The van der Waals surface area contributed by atoms with Crippen LogP contribution < -0.4 is 5.32 Å². The number of allylic oxidation sites excluding steroid dienone is 2.